The van der Waals surface area contributed by atoms with E-state index in [0.29, 0.717) is 18.8 Å². The third-order valence-corrected chi connectivity index (χ3v) is 6.53. The van der Waals surface area contributed by atoms with Crippen molar-refractivity contribution in [3.63, 3.8) is 0 Å². The molecule has 0 spiro atoms. The molecular weight excluding hydrogens is 394 g/mol. The minimum atomic E-state index is -3.69. The zero-order chi connectivity index (χ0) is 21.6. The first kappa shape index (κ1) is 22.6. The molecule has 0 aliphatic carbocycles. The number of benzene rings is 1. The van der Waals surface area contributed by atoms with Gasteiger partial charge in [0.05, 0.1) is 0 Å². The molecule has 0 radical (unpaired) electrons. The second kappa shape index (κ2) is 9.71. The average Bonchev–Trinajstić information content (AvgIpc) is 3.10. The molecule has 1 amide bonds. The van der Waals surface area contributed by atoms with E-state index in [1.807, 2.05) is 19.1 Å². The van der Waals surface area contributed by atoms with Crippen LogP contribution in [-0.2, 0) is 33.0 Å². The van der Waals surface area contributed by atoms with Crippen molar-refractivity contribution in [3.05, 3.63) is 47.8 Å². The van der Waals surface area contributed by atoms with Crippen LogP contribution < -0.4 is 5.32 Å². The summed E-state index contributed by atoms with van der Waals surface area (Å²) in [6.45, 7) is 5.70. The van der Waals surface area contributed by atoms with Crippen LogP contribution in [0.1, 0.15) is 36.8 Å². The van der Waals surface area contributed by atoms with E-state index in [0.717, 1.165) is 12.0 Å². The fraction of sp³-hybridized carbons (Fsp3) is 0.400. The first-order valence-corrected chi connectivity index (χ1v) is 10.9. The number of aromatic nitrogens is 1. The van der Waals surface area contributed by atoms with E-state index in [-0.39, 0.29) is 10.6 Å². The van der Waals surface area contributed by atoms with Gasteiger partial charge in [-0.25, -0.2) is 13.2 Å². The van der Waals surface area contributed by atoms with Gasteiger partial charge in [0.15, 0.2) is 6.61 Å². The molecule has 2 rings (SSSR count). The number of aryl methyl sites for hydroxylation is 2. The van der Waals surface area contributed by atoms with Gasteiger partial charge in [0.25, 0.3) is 5.91 Å². The molecular formula is C20H27N3O5S. The number of nitrogens with one attached hydrogen (secondary N) is 1. The van der Waals surface area contributed by atoms with Gasteiger partial charge in [-0.15, -0.1) is 0 Å². The van der Waals surface area contributed by atoms with E-state index < -0.39 is 28.5 Å². The van der Waals surface area contributed by atoms with Crippen LogP contribution in [0.4, 0.5) is 5.69 Å². The zero-order valence-electron chi connectivity index (χ0n) is 17.1. The second-order valence-electron chi connectivity index (χ2n) is 6.44. The van der Waals surface area contributed by atoms with Crippen LogP contribution in [0.3, 0.4) is 0 Å². The van der Waals surface area contributed by atoms with Gasteiger partial charge >= 0.3 is 5.97 Å². The Labute approximate surface area is 171 Å². The van der Waals surface area contributed by atoms with Gasteiger partial charge in [0.1, 0.15) is 10.6 Å². The van der Waals surface area contributed by atoms with E-state index in [1.165, 1.54) is 21.1 Å². The molecule has 0 aliphatic heterocycles. The van der Waals surface area contributed by atoms with Crippen molar-refractivity contribution in [3.8, 4) is 0 Å². The van der Waals surface area contributed by atoms with Gasteiger partial charge in [0, 0.05) is 32.0 Å². The molecule has 0 saturated heterocycles. The fourth-order valence-corrected chi connectivity index (χ4v) is 4.35. The molecule has 0 saturated carbocycles. The van der Waals surface area contributed by atoms with Crippen molar-refractivity contribution in [2.45, 2.75) is 32.1 Å². The van der Waals surface area contributed by atoms with Crippen molar-refractivity contribution in [2.75, 3.05) is 25.0 Å². The van der Waals surface area contributed by atoms with E-state index >= 15 is 0 Å². The lowest BCUT2D eigenvalue weighted by atomic mass is 10.1. The van der Waals surface area contributed by atoms with Gasteiger partial charge in [-0.2, -0.15) is 4.31 Å². The molecule has 0 unspecified atom stereocenters. The maximum absolute atomic E-state index is 12.6. The maximum atomic E-state index is 12.6. The summed E-state index contributed by atoms with van der Waals surface area (Å²) in [5, 5.41) is 2.65. The number of rotatable bonds is 9. The van der Waals surface area contributed by atoms with E-state index in [4.69, 9.17) is 4.74 Å². The minimum Gasteiger partial charge on any atom is -0.451 e. The second-order valence-corrected chi connectivity index (χ2v) is 8.37. The molecule has 1 aromatic heterocycles. The predicted octanol–water partition coefficient (Wildman–Crippen LogP) is 2.41. The molecule has 8 nitrogen and oxygen atoms in total. The average molecular weight is 422 g/mol. The number of anilines is 1. The standard InChI is InChI=1S/C20H27N3O5S/c1-5-15-8-10-16(11-9-15)21-19(24)14-28-20(25)18-12-17(13-22(18)4)29(26,27)23(6-2)7-3/h8-13H,5-7,14H2,1-4H3,(H,21,24). The summed E-state index contributed by atoms with van der Waals surface area (Å²) in [4.78, 5) is 24.4. The Kier molecular flexibility index (Phi) is 7.58. The number of carbonyl (C=O) groups is 2. The third-order valence-electron chi connectivity index (χ3n) is 4.51. The van der Waals surface area contributed by atoms with Crippen LogP contribution in [0.25, 0.3) is 0 Å². The summed E-state index contributed by atoms with van der Waals surface area (Å²) in [5.41, 5.74) is 1.80. The quantitative estimate of drug-likeness (QED) is 0.627. The minimum absolute atomic E-state index is 0.0103. The summed E-state index contributed by atoms with van der Waals surface area (Å²) in [6.07, 6.45) is 2.26. The number of hydrogen-bond donors (Lipinski definition) is 1. The van der Waals surface area contributed by atoms with Crippen molar-refractivity contribution in [2.24, 2.45) is 7.05 Å². The van der Waals surface area contributed by atoms with Crippen LogP contribution in [0.15, 0.2) is 41.4 Å². The molecule has 0 fully saturated rings. The fourth-order valence-electron chi connectivity index (χ4n) is 2.82. The van der Waals surface area contributed by atoms with Gasteiger partial charge in [-0.1, -0.05) is 32.9 Å². The topological polar surface area (TPSA) is 97.7 Å². The first-order chi connectivity index (χ1) is 13.7. The summed E-state index contributed by atoms with van der Waals surface area (Å²) in [7, 11) is -2.14. The Bertz CT molecular complexity index is 961. The Hall–Kier alpha value is -2.65. The third kappa shape index (κ3) is 5.45. The van der Waals surface area contributed by atoms with Crippen LogP contribution in [-0.4, -0.2) is 48.9 Å². The van der Waals surface area contributed by atoms with Crippen LogP contribution in [0.5, 0.6) is 0 Å². The summed E-state index contributed by atoms with van der Waals surface area (Å²) in [6, 6.07) is 8.63. The number of ether oxygens (including phenoxy) is 1. The lowest BCUT2D eigenvalue weighted by molar-refractivity contribution is -0.119. The lowest BCUT2D eigenvalue weighted by Gasteiger charge is -2.17. The number of amides is 1. The van der Waals surface area contributed by atoms with Crippen LogP contribution in [0.2, 0.25) is 0 Å². The van der Waals surface area contributed by atoms with Gasteiger partial charge in [-0.3, -0.25) is 4.79 Å². The summed E-state index contributed by atoms with van der Waals surface area (Å²) in [5.74, 6) is -1.25. The summed E-state index contributed by atoms with van der Waals surface area (Å²) >= 11 is 0. The molecule has 0 atom stereocenters. The number of hydrogen-bond acceptors (Lipinski definition) is 5. The Morgan fingerprint density at radius 2 is 1.72 bits per heavy atom. The molecule has 0 aliphatic rings. The smallest absolute Gasteiger partial charge is 0.355 e. The number of carbonyl (C=O) groups excluding carboxylic acids is 2. The Balaban J connectivity index is 2.02. The lowest BCUT2D eigenvalue weighted by Crippen LogP contribution is -2.30. The highest BCUT2D eigenvalue weighted by atomic mass is 32.2. The van der Waals surface area contributed by atoms with Crippen molar-refractivity contribution < 1.29 is 22.7 Å². The van der Waals surface area contributed by atoms with Crippen LogP contribution >= 0.6 is 0 Å². The van der Waals surface area contributed by atoms with Crippen LogP contribution in [0, 0.1) is 0 Å². The summed E-state index contributed by atoms with van der Waals surface area (Å²) < 4.78 is 32.9. The largest absolute Gasteiger partial charge is 0.451 e. The number of nitrogens with zero attached hydrogens (tertiary/aromatic N) is 2. The highest BCUT2D eigenvalue weighted by molar-refractivity contribution is 7.89. The van der Waals surface area contributed by atoms with Gasteiger partial charge < -0.3 is 14.6 Å². The Morgan fingerprint density at radius 3 is 2.28 bits per heavy atom. The first-order valence-electron chi connectivity index (χ1n) is 9.45. The van der Waals surface area contributed by atoms with Crippen molar-refractivity contribution in [1.29, 1.82) is 0 Å². The highest BCUT2D eigenvalue weighted by Gasteiger charge is 2.26. The monoisotopic (exact) mass is 421 g/mol. The van der Waals surface area contributed by atoms with Gasteiger partial charge in [0.2, 0.25) is 10.0 Å². The molecule has 29 heavy (non-hydrogen) atoms. The van der Waals surface area contributed by atoms with Gasteiger partial charge in [-0.05, 0) is 30.2 Å². The predicted molar refractivity (Wildman–Crippen MR) is 110 cm³/mol. The maximum Gasteiger partial charge on any atom is 0.355 e. The molecule has 1 N–H and O–H groups in total. The molecule has 158 valence electrons. The number of sulfonamides is 1. The van der Waals surface area contributed by atoms with Crippen molar-refractivity contribution >= 4 is 27.6 Å². The van der Waals surface area contributed by atoms with E-state index in [9.17, 15) is 18.0 Å². The normalized spacial score (nSPS) is 11.5. The molecule has 1 aromatic carbocycles. The van der Waals surface area contributed by atoms with Crippen molar-refractivity contribution in [1.82, 2.24) is 8.87 Å². The highest BCUT2D eigenvalue weighted by Crippen LogP contribution is 2.19. The Morgan fingerprint density at radius 1 is 1.10 bits per heavy atom. The molecule has 0 bridgehead atoms. The number of esters is 1. The van der Waals surface area contributed by atoms with E-state index in [1.54, 1.807) is 33.0 Å². The molecule has 9 heteroatoms. The SMILES string of the molecule is CCc1ccc(NC(=O)COC(=O)c2cc(S(=O)(=O)N(CC)CC)cn2C)cc1. The zero-order valence-corrected chi connectivity index (χ0v) is 18.0. The molecule has 2 aromatic rings. The molecule has 1 heterocycles. The van der Waals surface area contributed by atoms with E-state index in [2.05, 4.69) is 5.32 Å².